The number of nitrogens with one attached hydrogen (secondary N) is 2. The molecule has 2 N–H and O–H groups in total. The van der Waals surface area contributed by atoms with Gasteiger partial charge in [-0.25, -0.2) is 4.39 Å². The van der Waals surface area contributed by atoms with E-state index in [1.54, 1.807) is 43.3 Å². The van der Waals surface area contributed by atoms with Crippen molar-refractivity contribution in [2.24, 2.45) is 11.3 Å². The normalized spacial score (nSPS) is 18.3. The lowest BCUT2D eigenvalue weighted by atomic mass is 9.99. The highest BCUT2D eigenvalue weighted by atomic mass is 35.5. The van der Waals surface area contributed by atoms with Gasteiger partial charge in [0.25, 0.3) is 5.56 Å². The molecular formula is C26H24ClFN4O4. The minimum atomic E-state index is -1.66. The largest absolute Gasteiger partial charge is 0.345 e. The van der Waals surface area contributed by atoms with Crippen molar-refractivity contribution < 1.29 is 18.8 Å². The molecule has 3 amide bonds. The Labute approximate surface area is 211 Å². The Morgan fingerprint density at radius 2 is 1.83 bits per heavy atom. The topological polar surface area (TPSA) is 101 Å². The van der Waals surface area contributed by atoms with Gasteiger partial charge in [0.05, 0.1) is 17.3 Å². The van der Waals surface area contributed by atoms with Crippen LogP contribution in [-0.2, 0) is 14.4 Å². The van der Waals surface area contributed by atoms with Crippen LogP contribution in [0.5, 0.6) is 0 Å². The maximum atomic E-state index is 14.9. The molecule has 1 aliphatic carbocycles. The lowest BCUT2D eigenvalue weighted by molar-refractivity contribution is -0.143. The van der Waals surface area contributed by atoms with Crippen LogP contribution in [0.25, 0.3) is 5.69 Å². The van der Waals surface area contributed by atoms with Crippen LogP contribution in [0.4, 0.5) is 15.8 Å². The number of nitrogens with zero attached hydrogens (tertiary/aromatic N) is 2. The van der Waals surface area contributed by atoms with E-state index in [4.69, 9.17) is 11.6 Å². The quantitative estimate of drug-likeness (QED) is 0.473. The molecule has 1 heterocycles. The third-order valence-corrected chi connectivity index (χ3v) is 6.55. The van der Waals surface area contributed by atoms with Crippen molar-refractivity contribution in [1.82, 2.24) is 9.47 Å². The van der Waals surface area contributed by atoms with Gasteiger partial charge in [0.2, 0.25) is 17.7 Å². The highest BCUT2D eigenvalue weighted by Crippen LogP contribution is 2.55. The van der Waals surface area contributed by atoms with E-state index in [1.807, 2.05) is 0 Å². The van der Waals surface area contributed by atoms with Gasteiger partial charge in [-0.1, -0.05) is 17.7 Å². The Kier molecular flexibility index (Phi) is 6.94. The molecule has 1 aliphatic rings. The first-order chi connectivity index (χ1) is 17.2. The first kappa shape index (κ1) is 25.1. The van der Waals surface area contributed by atoms with Crippen LogP contribution in [0.3, 0.4) is 0 Å². The molecule has 1 saturated carbocycles. The summed E-state index contributed by atoms with van der Waals surface area (Å²) in [5.41, 5.74) is -1.42. The monoisotopic (exact) mass is 510 g/mol. The van der Waals surface area contributed by atoms with Gasteiger partial charge in [-0.2, -0.15) is 0 Å². The van der Waals surface area contributed by atoms with E-state index in [2.05, 4.69) is 10.6 Å². The number of carbonyl (C=O) groups excluding carboxylic acids is 3. The van der Waals surface area contributed by atoms with E-state index >= 15 is 0 Å². The van der Waals surface area contributed by atoms with Crippen LogP contribution in [0.15, 0.2) is 71.7 Å². The van der Waals surface area contributed by atoms with Crippen molar-refractivity contribution in [2.45, 2.75) is 13.3 Å². The molecule has 3 aromatic rings. The molecule has 0 saturated heterocycles. The first-order valence-corrected chi connectivity index (χ1v) is 11.7. The van der Waals surface area contributed by atoms with Gasteiger partial charge in [-0.05, 0) is 55.8 Å². The smallest absolute Gasteiger partial charge is 0.255 e. The van der Waals surface area contributed by atoms with Gasteiger partial charge in [-0.3, -0.25) is 23.7 Å². The number of rotatable bonds is 7. The van der Waals surface area contributed by atoms with Crippen LogP contribution in [0.1, 0.15) is 13.3 Å². The zero-order valence-corrected chi connectivity index (χ0v) is 20.4. The third kappa shape index (κ3) is 4.74. The molecule has 8 nitrogen and oxygen atoms in total. The van der Waals surface area contributed by atoms with Crippen LogP contribution in [0.2, 0.25) is 5.02 Å². The molecule has 0 radical (unpaired) electrons. The highest BCUT2D eigenvalue weighted by molar-refractivity contribution is 6.30. The Morgan fingerprint density at radius 3 is 2.47 bits per heavy atom. The van der Waals surface area contributed by atoms with E-state index in [1.165, 1.54) is 40.9 Å². The molecule has 1 fully saturated rings. The molecule has 0 aliphatic heterocycles. The number of hydrogen-bond acceptors (Lipinski definition) is 4. The van der Waals surface area contributed by atoms with Crippen molar-refractivity contribution in [3.05, 3.63) is 88.1 Å². The number of benzene rings is 2. The Hall–Kier alpha value is -3.98. The lowest BCUT2D eigenvalue weighted by Crippen LogP contribution is -2.43. The predicted molar refractivity (Wildman–Crippen MR) is 135 cm³/mol. The van der Waals surface area contributed by atoms with E-state index < -0.39 is 34.9 Å². The average molecular weight is 511 g/mol. The van der Waals surface area contributed by atoms with E-state index in [0.717, 1.165) is 6.07 Å². The average Bonchev–Trinajstić information content (AvgIpc) is 3.63. The van der Waals surface area contributed by atoms with Crippen LogP contribution >= 0.6 is 11.6 Å². The fourth-order valence-electron chi connectivity index (χ4n) is 4.04. The molecule has 4 rings (SSSR count). The molecule has 0 bridgehead atoms. The molecule has 0 spiro atoms. The lowest BCUT2D eigenvalue weighted by Gasteiger charge is -2.23. The van der Waals surface area contributed by atoms with Gasteiger partial charge in [0.15, 0.2) is 0 Å². The third-order valence-electron chi connectivity index (χ3n) is 6.30. The van der Waals surface area contributed by atoms with Crippen molar-refractivity contribution in [2.75, 3.05) is 24.2 Å². The van der Waals surface area contributed by atoms with Gasteiger partial charge in [0.1, 0.15) is 11.2 Å². The summed E-state index contributed by atoms with van der Waals surface area (Å²) in [6, 6.07) is 14.9. The number of pyridine rings is 1. The maximum Gasteiger partial charge on any atom is 0.255 e. The van der Waals surface area contributed by atoms with E-state index in [-0.39, 0.29) is 23.4 Å². The molecule has 10 heteroatoms. The summed E-state index contributed by atoms with van der Waals surface area (Å²) in [5, 5.41) is 5.68. The second-order valence-electron chi connectivity index (χ2n) is 8.57. The van der Waals surface area contributed by atoms with Crippen molar-refractivity contribution in [3.8, 4) is 5.69 Å². The number of anilines is 2. The summed E-state index contributed by atoms with van der Waals surface area (Å²) < 4.78 is 16.2. The molecule has 186 valence electrons. The number of aromatic nitrogens is 1. The summed E-state index contributed by atoms with van der Waals surface area (Å²) in [7, 11) is 1.54. The number of carbonyl (C=O) groups is 3. The Balaban J connectivity index is 1.57. The fourth-order valence-corrected chi connectivity index (χ4v) is 4.17. The zero-order valence-electron chi connectivity index (χ0n) is 19.6. The molecule has 2 unspecified atom stereocenters. The Morgan fingerprint density at radius 1 is 1.11 bits per heavy atom. The van der Waals surface area contributed by atoms with Gasteiger partial charge in [-0.15, -0.1) is 0 Å². The van der Waals surface area contributed by atoms with E-state index in [9.17, 15) is 23.6 Å². The molecule has 36 heavy (non-hydrogen) atoms. The molecule has 2 atom stereocenters. The summed E-state index contributed by atoms with van der Waals surface area (Å²) in [4.78, 5) is 52.9. The van der Waals surface area contributed by atoms with Crippen molar-refractivity contribution in [3.63, 3.8) is 0 Å². The summed E-state index contributed by atoms with van der Waals surface area (Å²) in [5.74, 6) is -3.51. The van der Waals surface area contributed by atoms with Crippen molar-refractivity contribution >= 4 is 40.7 Å². The van der Waals surface area contributed by atoms with Crippen LogP contribution in [0, 0.1) is 17.2 Å². The van der Waals surface area contributed by atoms with Crippen LogP contribution < -0.4 is 16.2 Å². The summed E-state index contributed by atoms with van der Waals surface area (Å²) in [6.07, 6.45) is 1.48. The number of halogens is 2. The molecular weight excluding hydrogens is 487 g/mol. The SMILES string of the molecule is CCN(C)C(=O)C1(C(=O)Nc2ccc(-n3ccccc3=O)cc2F)CC1C(=O)Nc1ccc(Cl)cc1. The summed E-state index contributed by atoms with van der Waals surface area (Å²) >= 11 is 5.88. The molecule has 2 aromatic carbocycles. The van der Waals surface area contributed by atoms with E-state index in [0.29, 0.717) is 17.3 Å². The van der Waals surface area contributed by atoms with Crippen molar-refractivity contribution in [1.29, 1.82) is 0 Å². The van der Waals surface area contributed by atoms with Gasteiger partial charge < -0.3 is 15.5 Å². The van der Waals surface area contributed by atoms with Gasteiger partial charge >= 0.3 is 0 Å². The van der Waals surface area contributed by atoms with Gasteiger partial charge in [0, 0.05) is 42.6 Å². The fraction of sp³-hybridized carbons (Fsp3) is 0.231. The Bertz CT molecular complexity index is 1390. The second kappa shape index (κ2) is 9.94. The standard InChI is InChI=1S/C26H24ClFN4O4/c1-3-31(2)25(36)26(15-19(26)23(34)29-17-9-7-16(27)8-10-17)24(35)30-21-12-11-18(14-20(21)28)32-13-5-4-6-22(32)33/h4-14,19H,3,15H2,1-2H3,(H,29,34)(H,30,35). The number of hydrogen-bond donors (Lipinski definition) is 2. The minimum absolute atomic E-state index is 0.0134. The second-order valence-corrected chi connectivity index (χ2v) is 9.01. The summed E-state index contributed by atoms with van der Waals surface area (Å²) in [6.45, 7) is 2.08. The zero-order chi connectivity index (χ0) is 26.0. The van der Waals surface area contributed by atoms with Crippen LogP contribution in [-0.4, -0.2) is 40.8 Å². The molecule has 1 aromatic heterocycles. The maximum absolute atomic E-state index is 14.9. The number of amides is 3. The highest BCUT2D eigenvalue weighted by Gasteiger charge is 2.69. The first-order valence-electron chi connectivity index (χ1n) is 11.3. The predicted octanol–water partition coefficient (Wildman–Crippen LogP) is 3.69. The minimum Gasteiger partial charge on any atom is -0.345 e.